The summed E-state index contributed by atoms with van der Waals surface area (Å²) in [5, 5.41) is 9.10. The number of aliphatic hydroxyl groups is 1. The van der Waals surface area contributed by atoms with Crippen LogP contribution in [0.5, 0.6) is 0 Å². The first-order chi connectivity index (χ1) is 8.62. The third-order valence-corrected chi connectivity index (χ3v) is 3.71. The molecule has 1 N–H and O–H groups in total. The molecule has 0 spiro atoms. The Morgan fingerprint density at radius 3 is 2.39 bits per heavy atom. The Balaban J connectivity index is 2.22. The van der Waals surface area contributed by atoms with Crippen LogP contribution in [0, 0.1) is 0 Å². The molecule has 0 aliphatic heterocycles. The second kappa shape index (κ2) is 5.11. The lowest BCUT2D eigenvalue weighted by molar-refractivity contribution is -0.136. The summed E-state index contributed by atoms with van der Waals surface area (Å²) in [6.07, 6.45) is 1.84. The van der Waals surface area contributed by atoms with Gasteiger partial charge in [-0.15, -0.1) is 0 Å². The van der Waals surface area contributed by atoms with Gasteiger partial charge in [0.1, 0.15) is 0 Å². The van der Waals surface area contributed by atoms with Crippen LogP contribution in [-0.2, 0) is 10.2 Å². The van der Waals surface area contributed by atoms with Crippen molar-refractivity contribution in [3.05, 3.63) is 35.9 Å². The highest BCUT2D eigenvalue weighted by molar-refractivity contribution is 5.91. The summed E-state index contributed by atoms with van der Waals surface area (Å²) >= 11 is 0. The minimum Gasteiger partial charge on any atom is -0.395 e. The molecule has 0 saturated heterocycles. The molecule has 0 bridgehead atoms. The number of hydrogen-bond donors (Lipinski definition) is 1. The highest BCUT2D eigenvalue weighted by Crippen LogP contribution is 2.49. The van der Waals surface area contributed by atoms with E-state index in [-0.39, 0.29) is 24.0 Å². The normalized spacial score (nSPS) is 16.7. The summed E-state index contributed by atoms with van der Waals surface area (Å²) in [7, 11) is 0. The molecule has 2 rings (SSSR count). The molecule has 3 nitrogen and oxygen atoms in total. The van der Waals surface area contributed by atoms with Gasteiger partial charge in [0.05, 0.1) is 12.0 Å². The van der Waals surface area contributed by atoms with Crippen molar-refractivity contribution in [1.82, 2.24) is 4.90 Å². The zero-order valence-corrected chi connectivity index (χ0v) is 11.1. The molecule has 0 heterocycles. The van der Waals surface area contributed by atoms with Gasteiger partial charge in [0.15, 0.2) is 0 Å². The molecule has 0 aromatic heterocycles. The minimum atomic E-state index is -0.319. The Hall–Kier alpha value is -1.35. The van der Waals surface area contributed by atoms with Gasteiger partial charge in [0.2, 0.25) is 5.91 Å². The van der Waals surface area contributed by atoms with Crippen molar-refractivity contribution < 1.29 is 9.90 Å². The van der Waals surface area contributed by atoms with E-state index in [0.29, 0.717) is 6.54 Å². The molecule has 3 heteroatoms. The molecule has 1 saturated carbocycles. The zero-order valence-electron chi connectivity index (χ0n) is 11.1. The fourth-order valence-corrected chi connectivity index (χ4v) is 2.49. The zero-order chi connectivity index (χ0) is 13.2. The van der Waals surface area contributed by atoms with E-state index in [1.165, 1.54) is 0 Å². The number of carbonyl (C=O) groups is 1. The fourth-order valence-electron chi connectivity index (χ4n) is 2.49. The van der Waals surface area contributed by atoms with Gasteiger partial charge in [-0.25, -0.2) is 0 Å². The van der Waals surface area contributed by atoms with Crippen LogP contribution < -0.4 is 0 Å². The molecule has 18 heavy (non-hydrogen) atoms. The van der Waals surface area contributed by atoms with Crippen LogP contribution in [0.25, 0.3) is 0 Å². The summed E-state index contributed by atoms with van der Waals surface area (Å²) in [5.41, 5.74) is 0.791. The first-order valence-electron chi connectivity index (χ1n) is 6.59. The molecule has 0 atom stereocenters. The van der Waals surface area contributed by atoms with Gasteiger partial charge in [-0.3, -0.25) is 4.79 Å². The molecule has 1 aliphatic carbocycles. The number of aliphatic hydroxyl groups excluding tert-OH is 1. The number of nitrogens with zero attached hydrogens (tertiary/aromatic N) is 1. The molecular weight excluding hydrogens is 226 g/mol. The van der Waals surface area contributed by atoms with Gasteiger partial charge < -0.3 is 10.0 Å². The van der Waals surface area contributed by atoms with Crippen molar-refractivity contribution in [3.8, 4) is 0 Å². The van der Waals surface area contributed by atoms with E-state index >= 15 is 0 Å². The summed E-state index contributed by atoms with van der Waals surface area (Å²) < 4.78 is 0. The third kappa shape index (κ3) is 2.27. The van der Waals surface area contributed by atoms with Crippen LogP contribution in [0.4, 0.5) is 0 Å². The third-order valence-electron chi connectivity index (χ3n) is 3.71. The van der Waals surface area contributed by atoms with Crippen LogP contribution in [-0.4, -0.2) is 35.1 Å². The fraction of sp³-hybridized carbons (Fsp3) is 0.533. The van der Waals surface area contributed by atoms with E-state index in [2.05, 4.69) is 0 Å². The highest BCUT2D eigenvalue weighted by atomic mass is 16.3. The predicted molar refractivity (Wildman–Crippen MR) is 71.3 cm³/mol. The smallest absolute Gasteiger partial charge is 0.233 e. The maximum atomic E-state index is 12.7. The molecular formula is C15H21NO2. The van der Waals surface area contributed by atoms with Crippen molar-refractivity contribution in [2.75, 3.05) is 13.2 Å². The van der Waals surface area contributed by atoms with Crippen molar-refractivity contribution in [1.29, 1.82) is 0 Å². The molecule has 1 aromatic rings. The Bertz CT molecular complexity index is 410. The predicted octanol–water partition coefficient (Wildman–Crippen LogP) is 1.95. The Morgan fingerprint density at radius 2 is 1.94 bits per heavy atom. The van der Waals surface area contributed by atoms with Gasteiger partial charge in [-0.1, -0.05) is 30.3 Å². The second-order valence-corrected chi connectivity index (χ2v) is 5.26. The molecule has 0 unspecified atom stereocenters. The topological polar surface area (TPSA) is 40.5 Å². The summed E-state index contributed by atoms with van der Waals surface area (Å²) in [5.74, 6) is 0.165. The van der Waals surface area contributed by atoms with E-state index in [1.807, 2.05) is 44.2 Å². The van der Waals surface area contributed by atoms with E-state index in [0.717, 1.165) is 18.4 Å². The van der Waals surface area contributed by atoms with Crippen molar-refractivity contribution >= 4 is 5.91 Å². The molecule has 1 amide bonds. The Labute approximate surface area is 108 Å². The largest absolute Gasteiger partial charge is 0.395 e. The number of rotatable bonds is 5. The quantitative estimate of drug-likeness (QED) is 0.864. The number of amides is 1. The lowest BCUT2D eigenvalue weighted by Crippen LogP contribution is -2.44. The first kappa shape index (κ1) is 13.1. The maximum Gasteiger partial charge on any atom is 0.233 e. The van der Waals surface area contributed by atoms with Crippen LogP contribution in [0.3, 0.4) is 0 Å². The summed E-state index contributed by atoms with van der Waals surface area (Å²) in [6, 6.07) is 10.1. The molecule has 1 aliphatic rings. The summed E-state index contributed by atoms with van der Waals surface area (Å²) in [6.45, 7) is 4.43. The molecule has 0 radical (unpaired) electrons. The van der Waals surface area contributed by atoms with Crippen LogP contribution in [0.15, 0.2) is 30.3 Å². The summed E-state index contributed by atoms with van der Waals surface area (Å²) in [4.78, 5) is 14.5. The SMILES string of the molecule is CC(C)N(CCO)C(=O)C1(c2ccccc2)CC1. The average Bonchev–Trinajstić information content (AvgIpc) is 3.17. The Kier molecular flexibility index (Phi) is 3.71. The number of carbonyl (C=O) groups excluding carboxylic acids is 1. The van der Waals surface area contributed by atoms with Crippen molar-refractivity contribution in [2.24, 2.45) is 0 Å². The van der Waals surface area contributed by atoms with Crippen molar-refractivity contribution in [3.63, 3.8) is 0 Å². The molecule has 1 fully saturated rings. The average molecular weight is 247 g/mol. The van der Waals surface area contributed by atoms with Gasteiger partial charge >= 0.3 is 0 Å². The second-order valence-electron chi connectivity index (χ2n) is 5.26. The maximum absolute atomic E-state index is 12.7. The van der Waals surface area contributed by atoms with Gasteiger partial charge in [-0.2, -0.15) is 0 Å². The number of hydrogen-bond acceptors (Lipinski definition) is 2. The lowest BCUT2D eigenvalue weighted by atomic mass is 9.94. The molecule has 1 aromatic carbocycles. The monoisotopic (exact) mass is 247 g/mol. The van der Waals surface area contributed by atoms with Gasteiger partial charge in [-0.05, 0) is 32.3 Å². The van der Waals surface area contributed by atoms with Crippen LogP contribution >= 0.6 is 0 Å². The molecule has 98 valence electrons. The first-order valence-corrected chi connectivity index (χ1v) is 6.59. The van der Waals surface area contributed by atoms with E-state index in [9.17, 15) is 4.79 Å². The van der Waals surface area contributed by atoms with E-state index in [1.54, 1.807) is 4.90 Å². The standard InChI is InChI=1S/C15H21NO2/c1-12(2)16(10-11-17)14(18)15(8-9-15)13-6-4-3-5-7-13/h3-7,12,17H,8-11H2,1-2H3. The van der Waals surface area contributed by atoms with E-state index < -0.39 is 0 Å². The number of benzene rings is 1. The van der Waals surface area contributed by atoms with Gasteiger partial charge in [0.25, 0.3) is 0 Å². The van der Waals surface area contributed by atoms with Gasteiger partial charge in [0, 0.05) is 12.6 Å². The highest BCUT2D eigenvalue weighted by Gasteiger charge is 2.53. The van der Waals surface area contributed by atoms with E-state index in [4.69, 9.17) is 5.11 Å². The van der Waals surface area contributed by atoms with Crippen LogP contribution in [0.2, 0.25) is 0 Å². The van der Waals surface area contributed by atoms with Crippen molar-refractivity contribution in [2.45, 2.75) is 38.1 Å². The Morgan fingerprint density at radius 1 is 1.33 bits per heavy atom. The lowest BCUT2D eigenvalue weighted by Gasteiger charge is -2.30. The minimum absolute atomic E-state index is 0.0226. The van der Waals surface area contributed by atoms with Crippen LogP contribution in [0.1, 0.15) is 32.3 Å².